The van der Waals surface area contributed by atoms with Gasteiger partial charge in [-0.1, -0.05) is 250 Å². The second-order valence-electron chi connectivity index (χ2n) is 18.1. The first-order valence-corrected chi connectivity index (χ1v) is 27.0. The minimum Gasteiger partial charge on any atom is -0.462 e. The molecule has 6 heteroatoms. The molecule has 0 rings (SSSR count). The van der Waals surface area contributed by atoms with E-state index >= 15 is 0 Å². The molecule has 0 N–H and O–H groups in total. The van der Waals surface area contributed by atoms with Gasteiger partial charge in [0.1, 0.15) is 13.2 Å². The van der Waals surface area contributed by atoms with Gasteiger partial charge in [-0.3, -0.25) is 14.4 Å². The van der Waals surface area contributed by atoms with Gasteiger partial charge in [-0.05, 0) is 51.4 Å². The summed E-state index contributed by atoms with van der Waals surface area (Å²) in [6.45, 7) is 6.52. The Balaban J connectivity index is 4.33. The van der Waals surface area contributed by atoms with Crippen molar-refractivity contribution in [3.05, 3.63) is 36.5 Å². The summed E-state index contributed by atoms with van der Waals surface area (Å²) in [5.74, 6) is -0.906. The molecule has 0 spiro atoms. The minimum absolute atomic E-state index is 0.0796. The highest BCUT2D eigenvalue weighted by Crippen LogP contribution is 2.17. The predicted molar refractivity (Wildman–Crippen MR) is 266 cm³/mol. The Morgan fingerprint density at radius 1 is 0.339 bits per heavy atom. The van der Waals surface area contributed by atoms with Crippen LogP contribution in [0, 0.1) is 0 Å². The van der Waals surface area contributed by atoms with Crippen molar-refractivity contribution in [2.45, 2.75) is 290 Å². The van der Waals surface area contributed by atoms with Crippen LogP contribution < -0.4 is 0 Å². The highest BCUT2D eigenvalue weighted by Gasteiger charge is 2.19. The second-order valence-corrected chi connectivity index (χ2v) is 18.1. The molecule has 0 amide bonds. The van der Waals surface area contributed by atoms with Crippen molar-refractivity contribution in [2.75, 3.05) is 13.2 Å². The lowest BCUT2D eigenvalue weighted by Crippen LogP contribution is -2.30. The lowest BCUT2D eigenvalue weighted by Gasteiger charge is -2.18. The summed E-state index contributed by atoms with van der Waals surface area (Å²) >= 11 is 0. The standard InChI is InChI=1S/C56H102O6/c1-4-7-10-13-16-19-22-25-27-28-29-30-32-34-37-40-43-46-49-55(58)61-52-53(51-60-54(57)48-45-42-39-36-33-24-21-18-15-12-9-6-3)62-56(59)50-47-44-41-38-35-31-26-23-20-17-14-11-8-5-2/h9,12,18,21,33,36,53H,4-8,10-11,13-17,19-20,22-32,34-35,37-52H2,1-3H3/b12-9-,21-18-,36-33-. The summed E-state index contributed by atoms with van der Waals surface area (Å²) < 4.78 is 16.8. The zero-order valence-electron chi connectivity index (χ0n) is 41.4. The van der Waals surface area contributed by atoms with Crippen molar-refractivity contribution in [2.24, 2.45) is 0 Å². The summed E-state index contributed by atoms with van der Waals surface area (Å²) in [5.41, 5.74) is 0. The zero-order chi connectivity index (χ0) is 45.1. The van der Waals surface area contributed by atoms with E-state index in [1.807, 2.05) is 0 Å². The number of hydrogen-bond donors (Lipinski definition) is 0. The molecule has 62 heavy (non-hydrogen) atoms. The molecule has 0 aromatic rings. The van der Waals surface area contributed by atoms with E-state index in [2.05, 4.69) is 57.2 Å². The van der Waals surface area contributed by atoms with Crippen LogP contribution in [0.4, 0.5) is 0 Å². The lowest BCUT2D eigenvalue weighted by atomic mass is 10.0. The highest BCUT2D eigenvalue weighted by molar-refractivity contribution is 5.71. The lowest BCUT2D eigenvalue weighted by molar-refractivity contribution is -0.167. The molecule has 0 heterocycles. The van der Waals surface area contributed by atoms with E-state index in [1.54, 1.807) is 0 Å². The van der Waals surface area contributed by atoms with Crippen LogP contribution in [0.1, 0.15) is 284 Å². The van der Waals surface area contributed by atoms with Gasteiger partial charge in [0.05, 0.1) is 0 Å². The molecule has 1 atom stereocenters. The van der Waals surface area contributed by atoms with E-state index < -0.39 is 6.10 Å². The number of unbranched alkanes of at least 4 members (excludes halogenated alkanes) is 32. The Morgan fingerprint density at radius 2 is 0.629 bits per heavy atom. The maximum Gasteiger partial charge on any atom is 0.306 e. The topological polar surface area (TPSA) is 78.9 Å². The second kappa shape index (κ2) is 51.3. The molecular formula is C56H102O6. The van der Waals surface area contributed by atoms with Crippen molar-refractivity contribution in [1.82, 2.24) is 0 Å². The SMILES string of the molecule is CC/C=C\C/C=C\C/C=C\CCCCC(=O)OCC(COC(=O)CCCCCCCCCCCCCCCCCCCC)OC(=O)CCCCCCCCCCCCCCCC. The fourth-order valence-electron chi connectivity index (χ4n) is 7.87. The maximum atomic E-state index is 12.8. The Kier molecular flexibility index (Phi) is 49.3. The molecule has 0 aliphatic carbocycles. The molecule has 6 nitrogen and oxygen atoms in total. The van der Waals surface area contributed by atoms with E-state index in [-0.39, 0.29) is 31.1 Å². The van der Waals surface area contributed by atoms with Crippen LogP contribution in [0.2, 0.25) is 0 Å². The first kappa shape index (κ1) is 59.6. The molecule has 362 valence electrons. The normalized spacial score (nSPS) is 12.2. The highest BCUT2D eigenvalue weighted by atomic mass is 16.6. The maximum absolute atomic E-state index is 12.8. The number of carbonyl (C=O) groups is 3. The molecule has 0 bridgehead atoms. The number of rotatable bonds is 49. The average molecular weight is 871 g/mol. The number of ether oxygens (including phenoxy) is 3. The van der Waals surface area contributed by atoms with Crippen molar-refractivity contribution in [3.63, 3.8) is 0 Å². The van der Waals surface area contributed by atoms with Crippen LogP contribution in [-0.2, 0) is 28.6 Å². The first-order valence-electron chi connectivity index (χ1n) is 27.0. The van der Waals surface area contributed by atoms with Crippen LogP contribution in [0.25, 0.3) is 0 Å². The summed E-state index contributed by atoms with van der Waals surface area (Å²) in [7, 11) is 0. The van der Waals surface area contributed by atoms with Crippen LogP contribution in [0.3, 0.4) is 0 Å². The third kappa shape index (κ3) is 48.7. The third-order valence-corrected chi connectivity index (χ3v) is 11.9. The molecule has 1 unspecified atom stereocenters. The largest absolute Gasteiger partial charge is 0.462 e. The van der Waals surface area contributed by atoms with Crippen LogP contribution in [-0.4, -0.2) is 37.2 Å². The molecule has 0 aliphatic rings. The van der Waals surface area contributed by atoms with Gasteiger partial charge in [0, 0.05) is 19.3 Å². The molecule has 0 aromatic carbocycles. The smallest absolute Gasteiger partial charge is 0.306 e. The summed E-state index contributed by atoms with van der Waals surface area (Å²) in [6.07, 6.45) is 60.0. The molecule has 0 aliphatic heterocycles. The number of hydrogen-bond acceptors (Lipinski definition) is 6. The van der Waals surface area contributed by atoms with Gasteiger partial charge in [0.15, 0.2) is 6.10 Å². The zero-order valence-corrected chi connectivity index (χ0v) is 41.4. The molecule has 0 saturated carbocycles. The van der Waals surface area contributed by atoms with Crippen molar-refractivity contribution >= 4 is 17.9 Å². The summed E-state index contributed by atoms with van der Waals surface area (Å²) in [6, 6.07) is 0. The van der Waals surface area contributed by atoms with Gasteiger partial charge in [-0.15, -0.1) is 0 Å². The van der Waals surface area contributed by atoms with Crippen molar-refractivity contribution in [3.8, 4) is 0 Å². The predicted octanol–water partition coefficient (Wildman–Crippen LogP) is 17.7. The van der Waals surface area contributed by atoms with E-state index in [1.165, 1.54) is 167 Å². The van der Waals surface area contributed by atoms with Gasteiger partial charge in [0.2, 0.25) is 0 Å². The Hall–Kier alpha value is -2.37. The average Bonchev–Trinajstić information content (AvgIpc) is 3.27. The number of allylic oxidation sites excluding steroid dienone is 6. The number of esters is 3. The van der Waals surface area contributed by atoms with Gasteiger partial charge in [0.25, 0.3) is 0 Å². The molecule has 0 saturated heterocycles. The van der Waals surface area contributed by atoms with Gasteiger partial charge in [-0.2, -0.15) is 0 Å². The Bertz CT molecular complexity index is 1050. The quantitative estimate of drug-likeness (QED) is 0.0262. The first-order chi connectivity index (χ1) is 30.5. The van der Waals surface area contributed by atoms with Crippen molar-refractivity contribution < 1.29 is 28.6 Å². The van der Waals surface area contributed by atoms with Gasteiger partial charge >= 0.3 is 17.9 Å². The third-order valence-electron chi connectivity index (χ3n) is 11.9. The fourth-order valence-corrected chi connectivity index (χ4v) is 7.87. The summed E-state index contributed by atoms with van der Waals surface area (Å²) in [5, 5.41) is 0. The van der Waals surface area contributed by atoms with Crippen LogP contribution in [0.5, 0.6) is 0 Å². The van der Waals surface area contributed by atoms with Gasteiger partial charge < -0.3 is 14.2 Å². The molecule has 0 fully saturated rings. The molecule has 0 radical (unpaired) electrons. The molecular weight excluding hydrogens is 769 g/mol. The Morgan fingerprint density at radius 3 is 0.984 bits per heavy atom. The monoisotopic (exact) mass is 871 g/mol. The van der Waals surface area contributed by atoms with Crippen molar-refractivity contribution in [1.29, 1.82) is 0 Å². The fraction of sp³-hybridized carbons (Fsp3) is 0.839. The molecule has 0 aromatic heterocycles. The van der Waals surface area contributed by atoms with E-state index in [4.69, 9.17) is 14.2 Å². The van der Waals surface area contributed by atoms with E-state index in [9.17, 15) is 14.4 Å². The van der Waals surface area contributed by atoms with Crippen LogP contribution >= 0.6 is 0 Å². The Labute approximate surface area is 385 Å². The number of carbonyl (C=O) groups excluding carboxylic acids is 3. The minimum atomic E-state index is -0.782. The van der Waals surface area contributed by atoms with E-state index in [0.717, 1.165) is 77.0 Å². The van der Waals surface area contributed by atoms with Crippen LogP contribution in [0.15, 0.2) is 36.5 Å². The van der Waals surface area contributed by atoms with E-state index in [0.29, 0.717) is 19.3 Å². The van der Waals surface area contributed by atoms with Gasteiger partial charge in [-0.25, -0.2) is 0 Å². The summed E-state index contributed by atoms with van der Waals surface area (Å²) in [4.78, 5) is 38.0.